The molecule has 1 fully saturated rings. The largest absolute Gasteiger partial charge is 0.480 e. The number of nitrogens with zero attached hydrogens (tertiary/aromatic N) is 1. The van der Waals surface area contributed by atoms with Crippen LogP contribution in [0.4, 0.5) is 4.79 Å². The van der Waals surface area contributed by atoms with Gasteiger partial charge in [-0.25, -0.2) is 4.79 Å². The van der Waals surface area contributed by atoms with Crippen molar-refractivity contribution in [2.24, 2.45) is 5.92 Å². The number of ether oxygens (including phenoxy) is 2. The second-order valence-corrected chi connectivity index (χ2v) is 11.9. The summed E-state index contributed by atoms with van der Waals surface area (Å²) in [6, 6.07) is 18.9. The van der Waals surface area contributed by atoms with E-state index in [1.165, 1.54) is 6.92 Å². The van der Waals surface area contributed by atoms with Crippen molar-refractivity contribution in [1.82, 2.24) is 4.90 Å². The second-order valence-electron chi connectivity index (χ2n) is 11.0. The van der Waals surface area contributed by atoms with Gasteiger partial charge in [0, 0.05) is 35.4 Å². The fraction of sp³-hybridized carbons (Fsp3) is 0.364. The van der Waals surface area contributed by atoms with Gasteiger partial charge in [0.15, 0.2) is 17.2 Å². The Labute approximate surface area is 241 Å². The first kappa shape index (κ1) is 29.4. The Morgan fingerprint density at radius 3 is 2.05 bits per heavy atom. The van der Waals surface area contributed by atoms with Crippen molar-refractivity contribution in [2.45, 2.75) is 58.0 Å². The number of benzene rings is 3. The highest BCUT2D eigenvalue weighted by Gasteiger charge is 2.42. The lowest BCUT2D eigenvalue weighted by Gasteiger charge is -2.27. The van der Waals surface area contributed by atoms with E-state index < -0.39 is 17.6 Å². The molecule has 0 aromatic heterocycles. The molecule has 2 atom stereocenters. The van der Waals surface area contributed by atoms with Crippen LogP contribution in [0.1, 0.15) is 59.3 Å². The molecule has 0 saturated carbocycles. The molecule has 6 nitrogen and oxygen atoms in total. The van der Waals surface area contributed by atoms with Crippen molar-refractivity contribution < 1.29 is 23.9 Å². The monoisotopic (exact) mass is 559 g/mol. The van der Waals surface area contributed by atoms with Crippen molar-refractivity contribution in [1.29, 1.82) is 0 Å². The smallest absolute Gasteiger partial charge is 0.415 e. The van der Waals surface area contributed by atoms with Crippen molar-refractivity contribution in [3.8, 4) is 11.5 Å². The van der Waals surface area contributed by atoms with Crippen LogP contribution in [-0.2, 0) is 4.79 Å². The van der Waals surface area contributed by atoms with Gasteiger partial charge in [0.05, 0.1) is 0 Å². The van der Waals surface area contributed by atoms with Gasteiger partial charge >= 0.3 is 6.09 Å². The number of Topliss-reactive ketones (excluding diaryl/α,β-unsaturated/α-hetero) is 2. The maximum absolute atomic E-state index is 13.8. The van der Waals surface area contributed by atoms with Gasteiger partial charge in [-0.15, -0.1) is 11.8 Å². The molecule has 1 heterocycles. The maximum atomic E-state index is 13.8. The number of hydrogen-bond donors (Lipinski definition) is 0. The van der Waals surface area contributed by atoms with Crippen molar-refractivity contribution >= 4 is 29.4 Å². The van der Waals surface area contributed by atoms with E-state index in [0.717, 1.165) is 27.1 Å². The summed E-state index contributed by atoms with van der Waals surface area (Å²) in [5.41, 5.74) is 3.44. The number of likely N-dealkylation sites (tertiary alicyclic amines) is 1. The normalized spacial score (nSPS) is 17.0. The van der Waals surface area contributed by atoms with Gasteiger partial charge in [-0.1, -0.05) is 42.0 Å². The number of carbonyl (C=O) groups is 3. The number of ketones is 2. The Morgan fingerprint density at radius 2 is 1.50 bits per heavy atom. The SMILES string of the molecule is CSc1ccc(C(=O)[C@@H]2CN(C(=O)Oc3ccc(C)cc3)C[C@H]2c2cc(C)c(OC(C)(C)C(C)=O)c(C)c2)cc1. The fourth-order valence-electron chi connectivity index (χ4n) is 4.98. The second kappa shape index (κ2) is 11.9. The zero-order valence-electron chi connectivity index (χ0n) is 24.2. The molecular formula is C33H37NO5S. The third-order valence-electron chi connectivity index (χ3n) is 7.63. The van der Waals surface area contributed by atoms with Gasteiger partial charge in [-0.3, -0.25) is 9.59 Å². The van der Waals surface area contributed by atoms with E-state index in [0.29, 0.717) is 23.6 Å². The number of thioether (sulfide) groups is 1. The minimum atomic E-state index is -0.956. The lowest BCUT2D eigenvalue weighted by molar-refractivity contribution is -0.129. The molecule has 0 radical (unpaired) electrons. The lowest BCUT2D eigenvalue weighted by atomic mass is 9.82. The van der Waals surface area contributed by atoms with E-state index in [1.54, 1.807) is 42.6 Å². The predicted molar refractivity (Wildman–Crippen MR) is 159 cm³/mol. The topological polar surface area (TPSA) is 72.9 Å². The van der Waals surface area contributed by atoms with Crippen molar-refractivity contribution in [2.75, 3.05) is 19.3 Å². The maximum Gasteiger partial charge on any atom is 0.415 e. The third-order valence-corrected chi connectivity index (χ3v) is 8.37. The molecule has 4 rings (SSSR count). The average molecular weight is 560 g/mol. The Balaban J connectivity index is 1.66. The van der Waals surface area contributed by atoms with E-state index in [1.807, 2.05) is 75.6 Å². The van der Waals surface area contributed by atoms with Crippen LogP contribution in [0.3, 0.4) is 0 Å². The number of hydrogen-bond acceptors (Lipinski definition) is 6. The standard InChI is InChI=1S/C33H37NO5S/c1-20-8-12-26(13-9-20)38-32(37)34-18-28(29(19-34)30(36)24-10-14-27(40-7)15-11-24)25-16-21(2)31(22(3)17-25)39-33(5,6)23(4)35/h8-17,28-29H,18-19H2,1-7H3/t28-,29+/m0/s1. The zero-order chi connectivity index (χ0) is 29.2. The lowest BCUT2D eigenvalue weighted by Crippen LogP contribution is -2.36. The first-order valence-corrected chi connectivity index (χ1v) is 14.6. The first-order valence-electron chi connectivity index (χ1n) is 13.4. The van der Waals surface area contributed by atoms with Gasteiger partial charge in [0.25, 0.3) is 0 Å². The molecule has 0 spiro atoms. The summed E-state index contributed by atoms with van der Waals surface area (Å²) in [5, 5.41) is 0. The molecule has 210 valence electrons. The molecule has 1 saturated heterocycles. The summed E-state index contributed by atoms with van der Waals surface area (Å²) >= 11 is 1.62. The van der Waals surface area contributed by atoms with Crippen molar-refractivity contribution in [3.05, 3.63) is 88.5 Å². The Kier molecular flexibility index (Phi) is 8.74. The van der Waals surface area contributed by atoms with E-state index in [9.17, 15) is 14.4 Å². The van der Waals surface area contributed by atoms with Crippen LogP contribution < -0.4 is 9.47 Å². The molecule has 0 N–H and O–H groups in total. The van der Waals surface area contributed by atoms with Crippen LogP contribution in [0.2, 0.25) is 0 Å². The van der Waals surface area contributed by atoms with E-state index in [-0.39, 0.29) is 24.0 Å². The van der Waals surface area contributed by atoms with Gasteiger partial charge in [-0.05, 0) is 88.8 Å². The van der Waals surface area contributed by atoms with E-state index in [4.69, 9.17) is 9.47 Å². The number of amides is 1. The first-order chi connectivity index (χ1) is 18.9. The average Bonchev–Trinajstić information content (AvgIpc) is 3.37. The molecule has 1 aliphatic rings. The molecular weight excluding hydrogens is 522 g/mol. The Morgan fingerprint density at radius 1 is 0.900 bits per heavy atom. The van der Waals surface area contributed by atoms with Gasteiger partial charge in [0.1, 0.15) is 11.5 Å². The zero-order valence-corrected chi connectivity index (χ0v) is 25.1. The highest BCUT2D eigenvalue weighted by molar-refractivity contribution is 7.98. The number of carbonyl (C=O) groups excluding carboxylic acids is 3. The highest BCUT2D eigenvalue weighted by atomic mass is 32.2. The van der Waals surface area contributed by atoms with Gasteiger partial charge in [0.2, 0.25) is 0 Å². The molecule has 40 heavy (non-hydrogen) atoms. The summed E-state index contributed by atoms with van der Waals surface area (Å²) in [5.74, 6) is 0.392. The summed E-state index contributed by atoms with van der Waals surface area (Å²) in [7, 11) is 0. The van der Waals surface area contributed by atoms with Crippen molar-refractivity contribution in [3.63, 3.8) is 0 Å². The molecule has 3 aromatic rings. The Bertz CT molecular complexity index is 1390. The molecule has 1 amide bonds. The van der Waals surface area contributed by atoms with E-state index >= 15 is 0 Å². The van der Waals surface area contributed by atoms with E-state index in [2.05, 4.69) is 0 Å². The van der Waals surface area contributed by atoms with Crippen LogP contribution in [0.15, 0.2) is 65.6 Å². The molecule has 0 bridgehead atoms. The van der Waals surface area contributed by atoms with Crippen LogP contribution >= 0.6 is 11.8 Å². The summed E-state index contributed by atoms with van der Waals surface area (Å²) < 4.78 is 11.8. The third kappa shape index (κ3) is 6.41. The highest BCUT2D eigenvalue weighted by Crippen LogP contribution is 2.39. The van der Waals surface area contributed by atoms with Crippen LogP contribution in [-0.4, -0.2) is 47.5 Å². The van der Waals surface area contributed by atoms with Gasteiger partial charge in [-0.2, -0.15) is 0 Å². The molecule has 7 heteroatoms. The fourth-order valence-corrected chi connectivity index (χ4v) is 5.39. The minimum Gasteiger partial charge on any atom is -0.480 e. The summed E-state index contributed by atoms with van der Waals surface area (Å²) in [6.07, 6.45) is 1.52. The molecule has 0 unspecified atom stereocenters. The summed E-state index contributed by atoms with van der Waals surface area (Å²) in [4.78, 5) is 41.9. The molecule has 1 aliphatic heterocycles. The Hall–Kier alpha value is -3.58. The predicted octanol–water partition coefficient (Wildman–Crippen LogP) is 7.18. The number of aryl methyl sites for hydroxylation is 3. The van der Waals surface area contributed by atoms with Crippen LogP contribution in [0.25, 0.3) is 0 Å². The van der Waals surface area contributed by atoms with Gasteiger partial charge < -0.3 is 14.4 Å². The van der Waals surface area contributed by atoms with Crippen LogP contribution in [0.5, 0.6) is 11.5 Å². The minimum absolute atomic E-state index is 0.00312. The molecule has 0 aliphatic carbocycles. The number of rotatable bonds is 8. The summed E-state index contributed by atoms with van der Waals surface area (Å²) in [6.45, 7) is 11.5. The quantitative estimate of drug-likeness (QED) is 0.215. The van der Waals surface area contributed by atoms with Crippen LogP contribution in [0, 0.1) is 26.7 Å². The molecule has 3 aromatic carbocycles.